The molecule has 0 spiro atoms. The topological polar surface area (TPSA) is 105 Å². The van der Waals surface area contributed by atoms with Crippen LogP contribution in [0.15, 0.2) is 22.4 Å². The standard InChI is InChI=1S/C7H4ClNO3S2.C2HF3O2/c8-5-2-1-4-3-6(14(10,11)12)13-7(4)9-5;3-2(4,5)1(6)7/h1-3H,(H,10,11,12);(H,6,7). The Morgan fingerprint density at radius 1 is 1.33 bits per heavy atom. The first kappa shape index (κ1) is 17.6. The lowest BCUT2D eigenvalue weighted by Crippen LogP contribution is -2.21. The van der Waals surface area contributed by atoms with Crippen molar-refractivity contribution in [3.63, 3.8) is 0 Å². The van der Waals surface area contributed by atoms with Gasteiger partial charge in [-0.05, 0) is 18.2 Å². The summed E-state index contributed by atoms with van der Waals surface area (Å²) >= 11 is 6.51. The van der Waals surface area contributed by atoms with E-state index in [1.165, 1.54) is 6.07 Å². The van der Waals surface area contributed by atoms with Crippen LogP contribution in [0.1, 0.15) is 0 Å². The molecule has 0 saturated carbocycles. The average Bonchev–Trinajstić information content (AvgIpc) is 2.70. The molecule has 0 aliphatic carbocycles. The largest absolute Gasteiger partial charge is 0.490 e. The summed E-state index contributed by atoms with van der Waals surface area (Å²) in [7, 11) is -4.14. The van der Waals surface area contributed by atoms with Crippen molar-refractivity contribution >= 4 is 49.2 Å². The lowest BCUT2D eigenvalue weighted by Gasteiger charge is -1.93. The fraction of sp³-hybridized carbons (Fsp3) is 0.111. The number of carboxylic acids is 1. The predicted octanol–water partition coefficient (Wildman–Crippen LogP) is 2.83. The molecule has 0 saturated heterocycles. The summed E-state index contributed by atoms with van der Waals surface area (Å²) in [6.07, 6.45) is -5.08. The molecular formula is C9H5ClF3NO5S2. The second-order valence-corrected chi connectivity index (χ2v) is 6.44. The average molecular weight is 364 g/mol. The van der Waals surface area contributed by atoms with E-state index in [1.807, 2.05) is 0 Å². The zero-order valence-corrected chi connectivity index (χ0v) is 12.0. The molecule has 2 heterocycles. The number of hydrogen-bond donors (Lipinski definition) is 2. The maximum absolute atomic E-state index is 10.8. The van der Waals surface area contributed by atoms with Gasteiger partial charge < -0.3 is 5.11 Å². The summed E-state index contributed by atoms with van der Waals surface area (Å²) in [5.74, 6) is -2.76. The van der Waals surface area contributed by atoms with Crippen molar-refractivity contribution in [2.45, 2.75) is 10.4 Å². The maximum atomic E-state index is 10.8. The zero-order valence-electron chi connectivity index (χ0n) is 9.63. The van der Waals surface area contributed by atoms with Crippen molar-refractivity contribution in [2.24, 2.45) is 0 Å². The molecule has 0 bridgehead atoms. The second kappa shape index (κ2) is 6.13. The van der Waals surface area contributed by atoms with Gasteiger partial charge in [-0.2, -0.15) is 21.6 Å². The van der Waals surface area contributed by atoms with Crippen LogP contribution in [0.2, 0.25) is 5.15 Å². The third kappa shape index (κ3) is 5.12. The third-order valence-electron chi connectivity index (χ3n) is 1.82. The number of hydrogen-bond acceptors (Lipinski definition) is 5. The molecule has 2 N–H and O–H groups in total. The molecule has 2 aromatic rings. The van der Waals surface area contributed by atoms with E-state index in [1.54, 1.807) is 12.1 Å². The van der Waals surface area contributed by atoms with Crippen LogP contribution in [0, 0.1) is 0 Å². The van der Waals surface area contributed by atoms with Crippen LogP contribution < -0.4 is 0 Å². The molecular weight excluding hydrogens is 359 g/mol. The molecule has 0 amide bonds. The molecule has 0 aromatic carbocycles. The SMILES string of the molecule is O=C(O)C(F)(F)F.O=S(=O)(O)c1cc2ccc(Cl)nc2s1. The summed E-state index contributed by atoms with van der Waals surface area (Å²) < 4.78 is 62.0. The van der Waals surface area contributed by atoms with Gasteiger partial charge in [-0.15, -0.1) is 11.3 Å². The van der Waals surface area contributed by atoms with E-state index >= 15 is 0 Å². The first-order valence-corrected chi connectivity index (χ1v) is 7.38. The molecule has 0 atom stereocenters. The van der Waals surface area contributed by atoms with Crippen LogP contribution in [0.4, 0.5) is 13.2 Å². The van der Waals surface area contributed by atoms with Crippen LogP contribution in [0.25, 0.3) is 10.2 Å². The number of rotatable bonds is 1. The van der Waals surface area contributed by atoms with Gasteiger partial charge in [0.25, 0.3) is 0 Å². The summed E-state index contributed by atoms with van der Waals surface area (Å²) in [4.78, 5) is 13.3. The van der Waals surface area contributed by atoms with Gasteiger partial charge in [0.05, 0.1) is 0 Å². The number of fused-ring (bicyclic) bond motifs is 1. The van der Waals surface area contributed by atoms with Crippen molar-refractivity contribution in [3.05, 3.63) is 23.4 Å². The van der Waals surface area contributed by atoms with Crippen molar-refractivity contribution in [1.82, 2.24) is 4.98 Å². The number of thiophene rings is 1. The number of alkyl halides is 3. The fourth-order valence-electron chi connectivity index (χ4n) is 0.999. The van der Waals surface area contributed by atoms with Gasteiger partial charge in [-0.1, -0.05) is 11.6 Å². The molecule has 21 heavy (non-hydrogen) atoms. The highest BCUT2D eigenvalue weighted by molar-refractivity contribution is 7.88. The van der Waals surface area contributed by atoms with Gasteiger partial charge in [0, 0.05) is 5.39 Å². The smallest absolute Gasteiger partial charge is 0.475 e. The molecule has 2 aromatic heterocycles. The fourth-order valence-corrected chi connectivity index (χ4v) is 2.90. The Labute approximate surface area is 124 Å². The number of nitrogens with zero attached hydrogens (tertiary/aromatic N) is 1. The molecule has 6 nitrogen and oxygen atoms in total. The van der Waals surface area contributed by atoms with Gasteiger partial charge in [0.1, 0.15) is 14.2 Å². The zero-order chi connectivity index (χ0) is 16.4. The molecule has 0 fully saturated rings. The minimum Gasteiger partial charge on any atom is -0.475 e. The molecule has 0 unspecified atom stereocenters. The van der Waals surface area contributed by atoms with Gasteiger partial charge in [0.15, 0.2) is 0 Å². The number of aromatic nitrogens is 1. The Kier molecular flexibility index (Phi) is 5.15. The molecule has 12 heteroatoms. The molecule has 2 rings (SSSR count). The Balaban J connectivity index is 0.000000270. The van der Waals surface area contributed by atoms with E-state index in [2.05, 4.69) is 4.98 Å². The number of aliphatic carboxylic acids is 1. The van der Waals surface area contributed by atoms with Crippen molar-refractivity contribution in [1.29, 1.82) is 0 Å². The lowest BCUT2D eigenvalue weighted by atomic mass is 10.4. The van der Waals surface area contributed by atoms with E-state index in [4.69, 9.17) is 26.1 Å². The van der Waals surface area contributed by atoms with Gasteiger partial charge in [0.2, 0.25) is 0 Å². The van der Waals surface area contributed by atoms with Crippen molar-refractivity contribution < 1.29 is 36.0 Å². The van der Waals surface area contributed by atoms with Crippen LogP contribution >= 0.6 is 22.9 Å². The van der Waals surface area contributed by atoms with Crippen LogP contribution in [-0.4, -0.2) is 35.2 Å². The van der Waals surface area contributed by atoms with E-state index < -0.39 is 22.3 Å². The first-order valence-electron chi connectivity index (χ1n) is 4.75. The highest BCUT2D eigenvalue weighted by Gasteiger charge is 2.38. The number of pyridine rings is 1. The Morgan fingerprint density at radius 3 is 2.29 bits per heavy atom. The molecule has 0 aliphatic heterocycles. The van der Waals surface area contributed by atoms with Crippen LogP contribution in [0.5, 0.6) is 0 Å². The van der Waals surface area contributed by atoms with Crippen molar-refractivity contribution in [3.8, 4) is 0 Å². The summed E-state index contributed by atoms with van der Waals surface area (Å²) in [6, 6.07) is 4.57. The maximum Gasteiger partial charge on any atom is 0.490 e. The third-order valence-corrected chi connectivity index (χ3v) is 4.38. The Bertz CT molecular complexity index is 771. The lowest BCUT2D eigenvalue weighted by molar-refractivity contribution is -0.192. The molecule has 116 valence electrons. The summed E-state index contributed by atoms with van der Waals surface area (Å²) in [5.41, 5.74) is 0. The monoisotopic (exact) mass is 363 g/mol. The minimum atomic E-state index is -5.08. The van der Waals surface area contributed by atoms with Gasteiger partial charge in [-0.25, -0.2) is 9.78 Å². The van der Waals surface area contributed by atoms with Gasteiger partial charge in [-0.3, -0.25) is 4.55 Å². The van der Waals surface area contributed by atoms with Crippen LogP contribution in [0.3, 0.4) is 0 Å². The quantitative estimate of drug-likeness (QED) is 0.596. The Hall–Kier alpha value is -1.43. The minimum absolute atomic E-state index is 0.123. The Morgan fingerprint density at radius 2 is 1.86 bits per heavy atom. The van der Waals surface area contributed by atoms with E-state index in [9.17, 15) is 21.6 Å². The van der Waals surface area contributed by atoms with Crippen molar-refractivity contribution in [2.75, 3.05) is 0 Å². The second-order valence-electron chi connectivity index (χ2n) is 3.37. The summed E-state index contributed by atoms with van der Waals surface area (Å²) in [5, 5.41) is 8.06. The number of carbonyl (C=O) groups is 1. The normalized spacial score (nSPS) is 11.9. The van der Waals surface area contributed by atoms with E-state index in [0.717, 1.165) is 11.3 Å². The highest BCUT2D eigenvalue weighted by Crippen LogP contribution is 2.28. The van der Waals surface area contributed by atoms with E-state index in [0.29, 0.717) is 15.4 Å². The van der Waals surface area contributed by atoms with E-state index in [-0.39, 0.29) is 4.21 Å². The predicted molar refractivity (Wildman–Crippen MR) is 68.1 cm³/mol. The van der Waals surface area contributed by atoms with Gasteiger partial charge >= 0.3 is 22.3 Å². The van der Waals surface area contributed by atoms with Crippen LogP contribution in [-0.2, 0) is 14.9 Å². The molecule has 0 aliphatic rings. The first-order chi connectivity index (χ1) is 9.41. The summed E-state index contributed by atoms with van der Waals surface area (Å²) in [6.45, 7) is 0. The number of halogens is 4. The highest BCUT2D eigenvalue weighted by atomic mass is 35.5. The number of carboxylic acid groups (broad SMARTS) is 1. The molecule has 0 radical (unpaired) electrons.